The predicted octanol–water partition coefficient (Wildman–Crippen LogP) is 2.71. The van der Waals surface area contributed by atoms with Crippen LogP contribution in [0.5, 0.6) is 0 Å². The number of hydrogen-bond acceptors (Lipinski definition) is 2. The van der Waals surface area contributed by atoms with E-state index < -0.39 is 0 Å². The maximum atomic E-state index is 11.7. The molecule has 0 spiro atoms. The summed E-state index contributed by atoms with van der Waals surface area (Å²) >= 11 is 0. The molecule has 0 heterocycles. The summed E-state index contributed by atoms with van der Waals surface area (Å²) in [5.41, 5.74) is 0. The number of rotatable bonds is 7. The van der Waals surface area contributed by atoms with Crippen molar-refractivity contribution in [3.05, 3.63) is 0 Å². The van der Waals surface area contributed by atoms with E-state index in [4.69, 9.17) is 0 Å². The number of amides is 1. The van der Waals surface area contributed by atoms with Gasteiger partial charge in [0.2, 0.25) is 5.91 Å². The van der Waals surface area contributed by atoms with E-state index in [0.29, 0.717) is 12.6 Å². The van der Waals surface area contributed by atoms with Gasteiger partial charge in [0.1, 0.15) is 0 Å². The van der Waals surface area contributed by atoms with Crippen molar-refractivity contribution in [2.45, 2.75) is 65.3 Å². The molecule has 0 radical (unpaired) electrons. The first-order valence-corrected chi connectivity index (χ1v) is 7.61. The Labute approximate surface area is 112 Å². The number of carbonyl (C=O) groups excluding carboxylic acids is 1. The fourth-order valence-electron chi connectivity index (χ4n) is 2.97. The van der Waals surface area contributed by atoms with Crippen LogP contribution in [0.15, 0.2) is 0 Å². The Hall–Kier alpha value is -0.570. The molecule has 1 rings (SSSR count). The third-order valence-corrected chi connectivity index (χ3v) is 3.89. The first-order valence-electron chi connectivity index (χ1n) is 7.61. The lowest BCUT2D eigenvalue weighted by atomic mass is 9.82. The summed E-state index contributed by atoms with van der Waals surface area (Å²) in [6.45, 7) is 8.03. The lowest BCUT2D eigenvalue weighted by Crippen LogP contribution is -2.40. The molecule has 1 fully saturated rings. The molecule has 0 aromatic carbocycles. The van der Waals surface area contributed by atoms with Gasteiger partial charge in [0.25, 0.3) is 0 Å². The first-order chi connectivity index (χ1) is 8.61. The van der Waals surface area contributed by atoms with Gasteiger partial charge in [0.15, 0.2) is 0 Å². The summed E-state index contributed by atoms with van der Waals surface area (Å²) in [6.07, 6.45) is 7.56. The molecule has 106 valence electrons. The van der Waals surface area contributed by atoms with Gasteiger partial charge in [-0.05, 0) is 44.6 Å². The minimum absolute atomic E-state index is 0.139. The topological polar surface area (TPSA) is 41.1 Å². The molecule has 0 aromatic rings. The van der Waals surface area contributed by atoms with Gasteiger partial charge in [-0.1, -0.05) is 33.1 Å². The van der Waals surface area contributed by atoms with E-state index in [2.05, 4.69) is 31.4 Å². The molecule has 1 saturated carbocycles. The van der Waals surface area contributed by atoms with E-state index in [1.165, 1.54) is 25.7 Å². The van der Waals surface area contributed by atoms with Crippen molar-refractivity contribution < 1.29 is 4.79 Å². The largest absolute Gasteiger partial charge is 0.353 e. The first kappa shape index (κ1) is 15.5. The Balaban J connectivity index is 2.07. The predicted molar refractivity (Wildman–Crippen MR) is 76.5 cm³/mol. The van der Waals surface area contributed by atoms with Crippen molar-refractivity contribution in [3.8, 4) is 0 Å². The maximum Gasteiger partial charge on any atom is 0.234 e. The molecule has 3 unspecified atom stereocenters. The zero-order valence-corrected chi connectivity index (χ0v) is 12.3. The molecule has 0 saturated heterocycles. The molecule has 1 aliphatic carbocycles. The third-order valence-electron chi connectivity index (χ3n) is 3.89. The second-order valence-corrected chi connectivity index (χ2v) is 6.03. The van der Waals surface area contributed by atoms with E-state index >= 15 is 0 Å². The average molecular weight is 254 g/mol. The van der Waals surface area contributed by atoms with Crippen LogP contribution in [-0.2, 0) is 4.79 Å². The minimum Gasteiger partial charge on any atom is -0.353 e. The monoisotopic (exact) mass is 254 g/mol. The zero-order chi connectivity index (χ0) is 13.4. The summed E-state index contributed by atoms with van der Waals surface area (Å²) in [6, 6.07) is 0.305. The SMILES string of the molecule is CCCC(C)NC(=O)CNCC1CCCC(C)C1. The van der Waals surface area contributed by atoms with Crippen LogP contribution in [-0.4, -0.2) is 25.0 Å². The molecule has 0 bridgehead atoms. The van der Waals surface area contributed by atoms with Gasteiger partial charge in [-0.3, -0.25) is 4.79 Å². The van der Waals surface area contributed by atoms with Gasteiger partial charge in [0.05, 0.1) is 6.54 Å². The fraction of sp³-hybridized carbons (Fsp3) is 0.933. The second kappa shape index (κ2) is 8.52. The second-order valence-electron chi connectivity index (χ2n) is 6.03. The normalized spacial score (nSPS) is 25.7. The van der Waals surface area contributed by atoms with Crippen molar-refractivity contribution >= 4 is 5.91 Å². The van der Waals surface area contributed by atoms with E-state index in [9.17, 15) is 4.79 Å². The summed E-state index contributed by atoms with van der Waals surface area (Å²) < 4.78 is 0. The standard InChI is InChI=1S/C15H30N2O/c1-4-6-13(3)17-15(18)11-16-10-14-8-5-7-12(2)9-14/h12-14,16H,4-11H2,1-3H3,(H,17,18). The lowest BCUT2D eigenvalue weighted by molar-refractivity contribution is -0.120. The van der Waals surface area contributed by atoms with Crippen LogP contribution in [0.1, 0.15) is 59.3 Å². The molecule has 0 aromatic heterocycles. The molecule has 2 N–H and O–H groups in total. The zero-order valence-electron chi connectivity index (χ0n) is 12.3. The highest BCUT2D eigenvalue weighted by Crippen LogP contribution is 2.27. The average Bonchev–Trinajstić information content (AvgIpc) is 2.29. The van der Waals surface area contributed by atoms with Crippen LogP contribution >= 0.6 is 0 Å². The quantitative estimate of drug-likeness (QED) is 0.733. The summed E-state index contributed by atoms with van der Waals surface area (Å²) in [7, 11) is 0. The molecule has 3 heteroatoms. The van der Waals surface area contributed by atoms with Crippen LogP contribution in [0.2, 0.25) is 0 Å². The molecular formula is C15H30N2O. The fourth-order valence-corrected chi connectivity index (χ4v) is 2.97. The van der Waals surface area contributed by atoms with Crippen LogP contribution in [0.4, 0.5) is 0 Å². The highest BCUT2D eigenvalue weighted by atomic mass is 16.1. The third kappa shape index (κ3) is 6.39. The molecule has 18 heavy (non-hydrogen) atoms. The van der Waals surface area contributed by atoms with Crippen LogP contribution < -0.4 is 10.6 Å². The summed E-state index contributed by atoms with van der Waals surface area (Å²) in [4.78, 5) is 11.7. The lowest BCUT2D eigenvalue weighted by Gasteiger charge is -2.26. The van der Waals surface area contributed by atoms with Gasteiger partial charge in [-0.2, -0.15) is 0 Å². The van der Waals surface area contributed by atoms with Crippen molar-refractivity contribution in [1.29, 1.82) is 0 Å². The van der Waals surface area contributed by atoms with Gasteiger partial charge in [-0.25, -0.2) is 0 Å². The molecule has 0 aliphatic heterocycles. The Morgan fingerprint density at radius 3 is 2.83 bits per heavy atom. The van der Waals surface area contributed by atoms with E-state index in [-0.39, 0.29) is 5.91 Å². The smallest absolute Gasteiger partial charge is 0.234 e. The van der Waals surface area contributed by atoms with E-state index in [1.54, 1.807) is 0 Å². The number of nitrogens with one attached hydrogen (secondary N) is 2. The van der Waals surface area contributed by atoms with Gasteiger partial charge in [0, 0.05) is 6.04 Å². The van der Waals surface area contributed by atoms with Gasteiger partial charge < -0.3 is 10.6 Å². The van der Waals surface area contributed by atoms with E-state index in [0.717, 1.165) is 31.2 Å². The molecule has 3 nitrogen and oxygen atoms in total. The molecule has 1 aliphatic rings. The Kier molecular flexibility index (Phi) is 7.33. The Morgan fingerprint density at radius 1 is 1.39 bits per heavy atom. The van der Waals surface area contributed by atoms with Crippen LogP contribution in [0.3, 0.4) is 0 Å². The van der Waals surface area contributed by atoms with Crippen LogP contribution in [0.25, 0.3) is 0 Å². The summed E-state index contributed by atoms with van der Waals surface area (Å²) in [5, 5.41) is 6.34. The maximum absolute atomic E-state index is 11.7. The highest BCUT2D eigenvalue weighted by molar-refractivity contribution is 5.78. The number of carbonyl (C=O) groups is 1. The van der Waals surface area contributed by atoms with Crippen molar-refractivity contribution in [3.63, 3.8) is 0 Å². The van der Waals surface area contributed by atoms with Crippen LogP contribution in [0, 0.1) is 11.8 Å². The van der Waals surface area contributed by atoms with Gasteiger partial charge in [-0.15, -0.1) is 0 Å². The highest BCUT2D eigenvalue weighted by Gasteiger charge is 2.18. The van der Waals surface area contributed by atoms with Crippen molar-refractivity contribution in [1.82, 2.24) is 10.6 Å². The Morgan fingerprint density at radius 2 is 2.17 bits per heavy atom. The van der Waals surface area contributed by atoms with E-state index in [1.807, 2.05) is 0 Å². The van der Waals surface area contributed by atoms with Crippen molar-refractivity contribution in [2.75, 3.05) is 13.1 Å². The molecular weight excluding hydrogens is 224 g/mol. The Bertz CT molecular complexity index is 243. The minimum atomic E-state index is 0.139. The number of hydrogen-bond donors (Lipinski definition) is 2. The van der Waals surface area contributed by atoms with Gasteiger partial charge >= 0.3 is 0 Å². The van der Waals surface area contributed by atoms with Crippen molar-refractivity contribution in [2.24, 2.45) is 11.8 Å². The molecule has 3 atom stereocenters. The summed E-state index contributed by atoms with van der Waals surface area (Å²) in [5.74, 6) is 1.78. The molecule has 1 amide bonds.